The maximum Gasteiger partial charge on any atom is 0.161 e. The third-order valence-electron chi connectivity index (χ3n) is 4.71. The van der Waals surface area contributed by atoms with E-state index in [9.17, 15) is 0 Å². The second-order valence-electron chi connectivity index (χ2n) is 7.16. The number of aromatic nitrogens is 3. The molecular formula is C22H19ClN6OS2. The Morgan fingerprint density at radius 3 is 2.75 bits per heavy atom. The highest BCUT2D eigenvalue weighted by atomic mass is 35.5. The average Bonchev–Trinajstić information content (AvgIpc) is 3.45. The molecule has 10 heteroatoms. The van der Waals surface area contributed by atoms with Crippen LogP contribution in [0.2, 0.25) is 5.02 Å². The third kappa shape index (κ3) is 4.79. The second kappa shape index (κ2) is 9.32. The standard InChI is InChI=1S/C22H19ClN6OS2/c1-13-11-32-22(27-13)29-14-2-4-18-16(8-14)21(26-12-25-18)28-15-3-5-19(17(23)9-15)30-10-20-24-6-7-31-20/h2-9,12-13H,10-11H2,1H3,(H,27,29)(H,25,26,28)/t13-/m1/s1. The van der Waals surface area contributed by atoms with Crippen LogP contribution < -0.4 is 15.4 Å². The molecule has 0 unspecified atom stereocenters. The number of ether oxygens (including phenoxy) is 1. The van der Waals surface area contributed by atoms with Gasteiger partial charge in [-0.05, 0) is 43.3 Å². The fourth-order valence-corrected chi connectivity index (χ4v) is 4.88. The minimum atomic E-state index is 0.335. The lowest BCUT2D eigenvalue weighted by molar-refractivity contribution is 0.306. The first-order valence-corrected chi connectivity index (χ1v) is 12.2. The molecule has 1 atom stereocenters. The van der Waals surface area contributed by atoms with E-state index in [1.165, 1.54) is 0 Å². The Morgan fingerprint density at radius 2 is 1.97 bits per heavy atom. The van der Waals surface area contributed by atoms with Gasteiger partial charge in [-0.15, -0.1) is 11.3 Å². The summed E-state index contributed by atoms with van der Waals surface area (Å²) >= 11 is 9.72. The Bertz CT molecular complexity index is 1280. The minimum Gasteiger partial charge on any atom is -0.485 e. The lowest BCUT2D eigenvalue weighted by Crippen LogP contribution is -2.05. The van der Waals surface area contributed by atoms with E-state index in [2.05, 4.69) is 37.5 Å². The molecule has 0 amide bonds. The van der Waals surface area contributed by atoms with Gasteiger partial charge in [-0.3, -0.25) is 4.99 Å². The second-order valence-corrected chi connectivity index (χ2v) is 9.55. The van der Waals surface area contributed by atoms with Gasteiger partial charge in [0, 0.05) is 34.1 Å². The van der Waals surface area contributed by atoms with Crippen LogP contribution in [0.25, 0.3) is 10.9 Å². The number of halogens is 1. The van der Waals surface area contributed by atoms with Crippen LogP contribution in [0.5, 0.6) is 5.75 Å². The van der Waals surface area contributed by atoms with Crippen LogP contribution >= 0.6 is 34.7 Å². The van der Waals surface area contributed by atoms with Crippen molar-refractivity contribution in [2.45, 2.75) is 19.6 Å². The highest BCUT2D eigenvalue weighted by Crippen LogP contribution is 2.32. The summed E-state index contributed by atoms with van der Waals surface area (Å²) in [6, 6.07) is 11.9. The molecule has 2 N–H and O–H groups in total. The first-order valence-electron chi connectivity index (χ1n) is 9.94. The molecule has 0 aliphatic carbocycles. The quantitative estimate of drug-likeness (QED) is 0.350. The van der Waals surface area contributed by atoms with E-state index in [0.717, 1.165) is 38.2 Å². The van der Waals surface area contributed by atoms with E-state index in [-0.39, 0.29) is 0 Å². The van der Waals surface area contributed by atoms with Crippen molar-refractivity contribution in [1.29, 1.82) is 0 Å². The maximum absolute atomic E-state index is 6.45. The molecule has 0 fully saturated rings. The topological polar surface area (TPSA) is 84.3 Å². The molecule has 4 aromatic rings. The number of nitrogens with one attached hydrogen (secondary N) is 2. The Balaban J connectivity index is 1.35. The average molecular weight is 483 g/mol. The molecule has 0 radical (unpaired) electrons. The van der Waals surface area contributed by atoms with Crippen molar-refractivity contribution in [3.63, 3.8) is 0 Å². The largest absolute Gasteiger partial charge is 0.485 e. The van der Waals surface area contributed by atoms with Crippen molar-refractivity contribution >= 4 is 68.0 Å². The molecule has 0 spiro atoms. The summed E-state index contributed by atoms with van der Waals surface area (Å²) in [6.45, 7) is 2.50. The number of thioether (sulfide) groups is 1. The zero-order valence-electron chi connectivity index (χ0n) is 17.1. The van der Waals surface area contributed by atoms with E-state index in [1.807, 2.05) is 41.8 Å². The number of amidine groups is 1. The van der Waals surface area contributed by atoms with Crippen molar-refractivity contribution in [1.82, 2.24) is 15.0 Å². The summed E-state index contributed by atoms with van der Waals surface area (Å²) < 4.78 is 5.78. The number of benzene rings is 2. The summed E-state index contributed by atoms with van der Waals surface area (Å²) in [5.41, 5.74) is 2.59. The van der Waals surface area contributed by atoms with Crippen molar-refractivity contribution in [2.75, 3.05) is 16.4 Å². The van der Waals surface area contributed by atoms with Gasteiger partial charge < -0.3 is 15.4 Å². The van der Waals surface area contributed by atoms with Crippen molar-refractivity contribution in [3.05, 3.63) is 64.3 Å². The highest BCUT2D eigenvalue weighted by molar-refractivity contribution is 8.14. The minimum absolute atomic E-state index is 0.335. The van der Waals surface area contributed by atoms with E-state index in [1.54, 1.807) is 35.6 Å². The summed E-state index contributed by atoms with van der Waals surface area (Å²) in [7, 11) is 0. The van der Waals surface area contributed by atoms with Gasteiger partial charge in [0.1, 0.15) is 29.5 Å². The van der Waals surface area contributed by atoms with Crippen LogP contribution in [-0.4, -0.2) is 31.9 Å². The summed E-state index contributed by atoms with van der Waals surface area (Å²) in [4.78, 5) is 17.6. The van der Waals surface area contributed by atoms with Gasteiger partial charge in [0.05, 0.1) is 16.6 Å². The summed E-state index contributed by atoms with van der Waals surface area (Å²) in [6.07, 6.45) is 3.30. The molecule has 2 aromatic heterocycles. The first kappa shape index (κ1) is 21.0. The van der Waals surface area contributed by atoms with Crippen LogP contribution in [0.1, 0.15) is 11.9 Å². The lowest BCUT2D eigenvalue weighted by Gasteiger charge is -2.12. The SMILES string of the molecule is C[C@@H]1CSC(Nc2ccc3ncnc(Nc4ccc(OCc5nccs5)c(Cl)c4)c3c2)=N1. The van der Waals surface area contributed by atoms with Gasteiger partial charge >= 0.3 is 0 Å². The fraction of sp³-hybridized carbons (Fsp3) is 0.182. The van der Waals surface area contributed by atoms with E-state index in [0.29, 0.717) is 29.2 Å². The first-order chi connectivity index (χ1) is 15.6. The molecule has 0 bridgehead atoms. The number of hydrogen-bond donors (Lipinski definition) is 2. The Kier molecular flexibility index (Phi) is 6.11. The molecule has 1 aliphatic heterocycles. The van der Waals surface area contributed by atoms with Gasteiger partial charge in [0.15, 0.2) is 5.17 Å². The predicted molar refractivity (Wildman–Crippen MR) is 134 cm³/mol. The smallest absolute Gasteiger partial charge is 0.161 e. The van der Waals surface area contributed by atoms with Gasteiger partial charge in [0.2, 0.25) is 0 Å². The lowest BCUT2D eigenvalue weighted by atomic mass is 10.2. The van der Waals surface area contributed by atoms with Crippen LogP contribution in [-0.2, 0) is 6.61 Å². The van der Waals surface area contributed by atoms with Crippen LogP contribution in [0.4, 0.5) is 17.2 Å². The fourth-order valence-electron chi connectivity index (χ4n) is 3.20. The number of anilines is 3. The van der Waals surface area contributed by atoms with Gasteiger partial charge in [-0.1, -0.05) is 23.4 Å². The highest BCUT2D eigenvalue weighted by Gasteiger charge is 2.14. The molecule has 32 heavy (non-hydrogen) atoms. The van der Waals surface area contributed by atoms with Crippen LogP contribution in [0.15, 0.2) is 59.3 Å². The predicted octanol–water partition coefficient (Wildman–Crippen LogP) is 5.97. The number of thiazole rings is 1. The Morgan fingerprint density at radius 1 is 1.09 bits per heavy atom. The molecule has 3 heterocycles. The molecule has 2 aromatic carbocycles. The number of hydrogen-bond acceptors (Lipinski definition) is 9. The molecule has 0 saturated carbocycles. The zero-order chi connectivity index (χ0) is 21.9. The van der Waals surface area contributed by atoms with Crippen molar-refractivity contribution in [2.24, 2.45) is 4.99 Å². The molecule has 7 nitrogen and oxygen atoms in total. The molecule has 162 valence electrons. The number of fused-ring (bicyclic) bond motifs is 1. The Hall–Kier alpha value is -2.88. The molecular weight excluding hydrogens is 464 g/mol. The van der Waals surface area contributed by atoms with Crippen molar-refractivity contribution in [3.8, 4) is 5.75 Å². The van der Waals surface area contributed by atoms with Gasteiger partial charge in [-0.2, -0.15) is 0 Å². The monoisotopic (exact) mass is 482 g/mol. The van der Waals surface area contributed by atoms with E-state index >= 15 is 0 Å². The molecule has 1 aliphatic rings. The number of aliphatic imine (C=N–C) groups is 1. The summed E-state index contributed by atoms with van der Waals surface area (Å²) in [5, 5.41) is 11.9. The van der Waals surface area contributed by atoms with Gasteiger partial charge in [-0.25, -0.2) is 15.0 Å². The van der Waals surface area contributed by atoms with E-state index < -0.39 is 0 Å². The third-order valence-corrected chi connectivity index (χ3v) is 6.89. The van der Waals surface area contributed by atoms with Crippen molar-refractivity contribution < 1.29 is 4.74 Å². The molecule has 5 rings (SSSR count). The van der Waals surface area contributed by atoms with E-state index in [4.69, 9.17) is 16.3 Å². The summed E-state index contributed by atoms with van der Waals surface area (Å²) in [5.74, 6) is 2.30. The zero-order valence-corrected chi connectivity index (χ0v) is 19.5. The Labute approximate surface area is 198 Å². The maximum atomic E-state index is 6.45. The number of nitrogens with zero attached hydrogens (tertiary/aromatic N) is 4. The van der Waals surface area contributed by atoms with Gasteiger partial charge in [0.25, 0.3) is 0 Å². The number of rotatable bonds is 6. The molecule has 0 saturated heterocycles. The van der Waals surface area contributed by atoms with Crippen LogP contribution in [0.3, 0.4) is 0 Å². The van der Waals surface area contributed by atoms with Crippen LogP contribution in [0, 0.1) is 0 Å². The normalized spacial score (nSPS) is 15.6.